The van der Waals surface area contributed by atoms with Crippen LogP contribution in [0, 0.1) is 17.3 Å². The highest BCUT2D eigenvalue weighted by Gasteiger charge is 2.37. The average molecular weight is 284 g/mol. The summed E-state index contributed by atoms with van der Waals surface area (Å²) in [6.07, 6.45) is 1.89. The molecule has 0 bridgehead atoms. The topological polar surface area (TPSA) is 78.9 Å². The SMILES string of the molecule is CC1CN(C(=O)NCC2(C)CCOCC2)CC1C(=O)O. The highest BCUT2D eigenvalue weighted by Crippen LogP contribution is 2.29. The van der Waals surface area contributed by atoms with E-state index < -0.39 is 11.9 Å². The molecule has 0 aliphatic carbocycles. The molecule has 2 aliphatic rings. The van der Waals surface area contributed by atoms with Crippen molar-refractivity contribution >= 4 is 12.0 Å². The van der Waals surface area contributed by atoms with E-state index in [1.54, 1.807) is 4.90 Å². The monoisotopic (exact) mass is 284 g/mol. The zero-order valence-electron chi connectivity index (χ0n) is 12.2. The molecule has 2 N–H and O–H groups in total. The summed E-state index contributed by atoms with van der Waals surface area (Å²) in [5, 5.41) is 12.0. The molecule has 2 rings (SSSR count). The molecule has 2 atom stereocenters. The Morgan fingerprint density at radius 3 is 2.55 bits per heavy atom. The van der Waals surface area contributed by atoms with Crippen molar-refractivity contribution < 1.29 is 19.4 Å². The number of nitrogens with one attached hydrogen (secondary N) is 1. The lowest BCUT2D eigenvalue weighted by Crippen LogP contribution is -2.45. The number of carbonyl (C=O) groups is 2. The summed E-state index contributed by atoms with van der Waals surface area (Å²) >= 11 is 0. The number of carboxylic acid groups (broad SMARTS) is 1. The molecule has 2 fully saturated rings. The lowest BCUT2D eigenvalue weighted by Gasteiger charge is -2.34. The molecule has 2 saturated heterocycles. The summed E-state index contributed by atoms with van der Waals surface area (Å²) in [5.74, 6) is -1.25. The Balaban J connectivity index is 1.82. The summed E-state index contributed by atoms with van der Waals surface area (Å²) in [7, 11) is 0. The van der Waals surface area contributed by atoms with Crippen LogP contribution in [0.15, 0.2) is 0 Å². The van der Waals surface area contributed by atoms with Gasteiger partial charge in [0.1, 0.15) is 0 Å². The number of ether oxygens (including phenoxy) is 1. The van der Waals surface area contributed by atoms with Gasteiger partial charge in [-0.25, -0.2) is 4.79 Å². The molecular weight excluding hydrogens is 260 g/mol. The van der Waals surface area contributed by atoms with E-state index in [1.165, 1.54) is 0 Å². The van der Waals surface area contributed by atoms with Gasteiger partial charge in [0.15, 0.2) is 0 Å². The van der Waals surface area contributed by atoms with Crippen molar-refractivity contribution in [3.8, 4) is 0 Å². The van der Waals surface area contributed by atoms with Crippen LogP contribution in [-0.2, 0) is 9.53 Å². The Morgan fingerprint density at radius 1 is 1.35 bits per heavy atom. The normalized spacial score (nSPS) is 29.2. The maximum absolute atomic E-state index is 12.1. The van der Waals surface area contributed by atoms with Crippen LogP contribution in [0.4, 0.5) is 4.79 Å². The maximum atomic E-state index is 12.1. The number of urea groups is 1. The molecule has 0 aromatic heterocycles. The van der Waals surface area contributed by atoms with Crippen molar-refractivity contribution in [3.63, 3.8) is 0 Å². The third-order valence-electron chi connectivity index (χ3n) is 4.58. The first-order chi connectivity index (χ1) is 9.41. The van der Waals surface area contributed by atoms with Gasteiger partial charge in [-0.3, -0.25) is 4.79 Å². The molecule has 0 aromatic rings. The molecular formula is C14H24N2O4. The summed E-state index contributed by atoms with van der Waals surface area (Å²) in [6.45, 7) is 6.97. The van der Waals surface area contributed by atoms with Crippen molar-refractivity contribution in [1.82, 2.24) is 10.2 Å². The first-order valence-corrected chi connectivity index (χ1v) is 7.25. The summed E-state index contributed by atoms with van der Waals surface area (Å²) in [6, 6.07) is -0.145. The molecule has 2 amide bonds. The Labute approximate surface area is 119 Å². The first kappa shape index (κ1) is 15.1. The molecule has 6 heteroatoms. The number of nitrogens with zero attached hydrogens (tertiary/aromatic N) is 1. The van der Waals surface area contributed by atoms with Gasteiger partial charge in [0, 0.05) is 32.8 Å². The van der Waals surface area contributed by atoms with Crippen LogP contribution in [0.5, 0.6) is 0 Å². The second-order valence-electron chi connectivity index (χ2n) is 6.41. The summed E-state index contributed by atoms with van der Waals surface area (Å²) in [5.41, 5.74) is 0.0887. The minimum atomic E-state index is -0.816. The zero-order valence-corrected chi connectivity index (χ0v) is 12.2. The molecule has 0 saturated carbocycles. The number of hydrogen-bond acceptors (Lipinski definition) is 3. The molecule has 2 unspecified atom stereocenters. The van der Waals surface area contributed by atoms with E-state index in [9.17, 15) is 9.59 Å². The third kappa shape index (κ3) is 3.42. The standard InChI is InChI=1S/C14H24N2O4/c1-10-7-16(8-11(10)12(17)18)13(19)15-9-14(2)3-5-20-6-4-14/h10-11H,3-9H2,1-2H3,(H,15,19)(H,17,18). The number of rotatable bonds is 3. The minimum Gasteiger partial charge on any atom is -0.481 e. The van der Waals surface area contributed by atoms with Crippen molar-refractivity contribution in [1.29, 1.82) is 0 Å². The Morgan fingerprint density at radius 2 is 2.00 bits per heavy atom. The molecule has 0 radical (unpaired) electrons. The quantitative estimate of drug-likeness (QED) is 0.815. The van der Waals surface area contributed by atoms with E-state index in [4.69, 9.17) is 9.84 Å². The van der Waals surface area contributed by atoms with Crippen molar-refractivity contribution in [3.05, 3.63) is 0 Å². The fraction of sp³-hybridized carbons (Fsp3) is 0.857. The molecule has 2 aliphatic heterocycles. The molecule has 2 heterocycles. The van der Waals surface area contributed by atoms with Crippen molar-refractivity contribution in [2.24, 2.45) is 17.3 Å². The number of hydrogen-bond donors (Lipinski definition) is 2. The lowest BCUT2D eigenvalue weighted by molar-refractivity contribution is -0.142. The second kappa shape index (κ2) is 5.99. The smallest absolute Gasteiger partial charge is 0.317 e. The van der Waals surface area contributed by atoms with Crippen molar-refractivity contribution in [2.45, 2.75) is 26.7 Å². The Hall–Kier alpha value is -1.30. The Bertz CT molecular complexity index is 379. The first-order valence-electron chi connectivity index (χ1n) is 7.25. The highest BCUT2D eigenvalue weighted by atomic mass is 16.5. The van der Waals surface area contributed by atoms with Crippen LogP contribution >= 0.6 is 0 Å². The number of aliphatic carboxylic acids is 1. The van der Waals surface area contributed by atoms with Crippen LogP contribution in [-0.4, -0.2) is 54.9 Å². The largest absolute Gasteiger partial charge is 0.481 e. The van der Waals surface area contributed by atoms with Gasteiger partial charge >= 0.3 is 12.0 Å². The van der Waals surface area contributed by atoms with E-state index in [0.717, 1.165) is 26.1 Å². The van der Waals surface area contributed by atoms with Gasteiger partial charge in [-0.15, -0.1) is 0 Å². The van der Waals surface area contributed by atoms with E-state index in [-0.39, 0.29) is 17.4 Å². The number of carbonyl (C=O) groups excluding carboxylic acids is 1. The van der Waals surface area contributed by atoms with Gasteiger partial charge in [-0.1, -0.05) is 13.8 Å². The number of carboxylic acids is 1. The van der Waals surface area contributed by atoms with Crippen LogP contribution < -0.4 is 5.32 Å². The van der Waals surface area contributed by atoms with Crippen molar-refractivity contribution in [2.75, 3.05) is 32.8 Å². The van der Waals surface area contributed by atoms with E-state index in [2.05, 4.69) is 12.2 Å². The predicted octanol–water partition coefficient (Wildman–Crippen LogP) is 1.17. The van der Waals surface area contributed by atoms with Gasteiger partial charge in [0.05, 0.1) is 5.92 Å². The summed E-state index contributed by atoms with van der Waals surface area (Å²) < 4.78 is 5.34. The van der Waals surface area contributed by atoms with Gasteiger partial charge in [-0.2, -0.15) is 0 Å². The van der Waals surface area contributed by atoms with Crippen LogP contribution in [0.1, 0.15) is 26.7 Å². The van der Waals surface area contributed by atoms with E-state index in [1.807, 2.05) is 6.92 Å². The number of amides is 2. The molecule has 0 aromatic carbocycles. The lowest BCUT2D eigenvalue weighted by atomic mass is 9.82. The van der Waals surface area contributed by atoms with Gasteiger partial charge in [0.25, 0.3) is 0 Å². The zero-order chi connectivity index (χ0) is 14.8. The molecule has 114 valence electrons. The third-order valence-corrected chi connectivity index (χ3v) is 4.58. The fourth-order valence-electron chi connectivity index (χ4n) is 2.90. The van der Waals surface area contributed by atoms with Crippen LogP contribution in [0.3, 0.4) is 0 Å². The average Bonchev–Trinajstić information content (AvgIpc) is 2.79. The number of likely N-dealkylation sites (tertiary alicyclic amines) is 1. The predicted molar refractivity (Wildman–Crippen MR) is 73.4 cm³/mol. The maximum Gasteiger partial charge on any atom is 0.317 e. The summed E-state index contributed by atoms with van der Waals surface area (Å²) in [4.78, 5) is 24.8. The van der Waals surface area contributed by atoms with Gasteiger partial charge in [-0.05, 0) is 24.2 Å². The van der Waals surface area contributed by atoms with Gasteiger partial charge in [0.2, 0.25) is 0 Å². The van der Waals surface area contributed by atoms with Gasteiger partial charge < -0.3 is 20.1 Å². The van der Waals surface area contributed by atoms with Crippen LogP contribution in [0.2, 0.25) is 0 Å². The molecule has 6 nitrogen and oxygen atoms in total. The minimum absolute atomic E-state index is 0.0110. The molecule has 0 spiro atoms. The fourth-order valence-corrected chi connectivity index (χ4v) is 2.90. The molecule has 20 heavy (non-hydrogen) atoms. The van der Waals surface area contributed by atoms with E-state index in [0.29, 0.717) is 19.6 Å². The highest BCUT2D eigenvalue weighted by molar-refractivity contribution is 5.77. The van der Waals surface area contributed by atoms with E-state index >= 15 is 0 Å². The second-order valence-corrected chi connectivity index (χ2v) is 6.41. The Kier molecular flexibility index (Phi) is 4.52. The van der Waals surface area contributed by atoms with Crippen LogP contribution in [0.25, 0.3) is 0 Å².